The van der Waals surface area contributed by atoms with Crippen LogP contribution in [0.15, 0.2) is 0 Å². The summed E-state index contributed by atoms with van der Waals surface area (Å²) in [5.41, 5.74) is 0. The Morgan fingerprint density at radius 2 is 1.55 bits per heavy atom. The van der Waals surface area contributed by atoms with Crippen molar-refractivity contribution >= 4 is 17.8 Å². The fraction of sp³-hybridized carbons (Fsp3) is 0.880. The number of amides is 2. The average Bonchev–Trinajstić information content (AvgIpc) is 3.03. The molecule has 0 bridgehead atoms. The number of aliphatic carboxylic acids is 1. The smallest absolute Gasteiger partial charge is 0.364 e. The molecular weight excluding hydrogens is 648 g/mol. The number of rotatable bonds is 13. The minimum absolute atomic E-state index is 0.713. The lowest BCUT2D eigenvalue weighted by Crippen LogP contribution is -2.69. The van der Waals surface area contributed by atoms with E-state index in [1.54, 1.807) is 0 Å². The van der Waals surface area contributed by atoms with E-state index in [0.29, 0.717) is 0 Å². The van der Waals surface area contributed by atoms with E-state index in [-0.39, 0.29) is 0 Å². The first kappa shape index (κ1) is 39.2. The maximum Gasteiger partial charge on any atom is 0.364 e. The largest absolute Gasteiger partial charge is 0.477 e. The summed E-state index contributed by atoms with van der Waals surface area (Å²) in [4.78, 5) is 36.0. The maximum atomic E-state index is 12.4. The highest BCUT2D eigenvalue weighted by Gasteiger charge is 2.57. The van der Waals surface area contributed by atoms with Crippen LogP contribution in [0.2, 0.25) is 0 Å². The van der Waals surface area contributed by atoms with Gasteiger partial charge in [0.15, 0.2) is 12.6 Å². The molecule has 0 radical (unpaired) electrons. The molecule has 3 heterocycles. The molecule has 0 saturated carbocycles. The van der Waals surface area contributed by atoms with Gasteiger partial charge in [0.1, 0.15) is 73.7 Å². The minimum Gasteiger partial charge on any atom is -0.477 e. The van der Waals surface area contributed by atoms with E-state index in [4.69, 9.17) is 28.8 Å². The van der Waals surface area contributed by atoms with Gasteiger partial charge in [-0.2, -0.15) is 0 Å². The molecule has 0 aromatic heterocycles. The van der Waals surface area contributed by atoms with Crippen LogP contribution >= 0.6 is 0 Å². The summed E-state index contributed by atoms with van der Waals surface area (Å²) < 4.78 is 27.1. The minimum atomic E-state index is -2.91. The maximum absolute atomic E-state index is 12.4. The van der Waals surface area contributed by atoms with Crippen molar-refractivity contribution in [3.05, 3.63) is 0 Å². The first-order chi connectivity index (χ1) is 22.0. The highest BCUT2D eigenvalue weighted by molar-refractivity contribution is 5.78. The van der Waals surface area contributed by atoms with E-state index < -0.39 is 148 Å². The van der Waals surface area contributed by atoms with E-state index in [1.807, 2.05) is 0 Å². The van der Waals surface area contributed by atoms with Gasteiger partial charge in [0.25, 0.3) is 5.79 Å². The van der Waals surface area contributed by atoms with Crippen LogP contribution in [0.25, 0.3) is 0 Å². The van der Waals surface area contributed by atoms with Crippen molar-refractivity contribution < 1.29 is 99.3 Å². The van der Waals surface area contributed by atoms with E-state index in [1.165, 1.54) is 0 Å². The number of hydrogen-bond acceptors (Lipinski definition) is 19. The number of aliphatic hydroxyl groups excluding tert-OH is 11. The normalized spacial score (nSPS) is 42.3. The summed E-state index contributed by atoms with van der Waals surface area (Å²) in [6.07, 6.45) is -25.6. The zero-order valence-electron chi connectivity index (χ0n) is 24.8. The third kappa shape index (κ3) is 8.69. The summed E-state index contributed by atoms with van der Waals surface area (Å²) >= 11 is 0. The van der Waals surface area contributed by atoms with Gasteiger partial charge in [0.05, 0.1) is 32.0 Å². The van der Waals surface area contributed by atoms with Crippen molar-refractivity contribution in [2.24, 2.45) is 0 Å². The predicted molar refractivity (Wildman–Crippen MR) is 143 cm³/mol. The molecule has 22 heteroatoms. The molecule has 3 aliphatic heterocycles. The van der Waals surface area contributed by atoms with Crippen LogP contribution in [0.1, 0.15) is 13.3 Å². The van der Waals surface area contributed by atoms with E-state index in [9.17, 15) is 70.6 Å². The topological polar surface area (TPSA) is 364 Å². The number of nitrogens with one attached hydrogen (secondary N) is 2. The number of hydrogen-bond donors (Lipinski definition) is 14. The summed E-state index contributed by atoms with van der Waals surface area (Å²) in [7, 11) is 0. The molecule has 47 heavy (non-hydrogen) atoms. The first-order valence-corrected chi connectivity index (χ1v) is 14.4. The van der Waals surface area contributed by atoms with Crippen LogP contribution in [0, 0.1) is 0 Å². The van der Waals surface area contributed by atoms with E-state index in [2.05, 4.69) is 10.6 Å². The molecule has 272 valence electrons. The predicted octanol–water partition coefficient (Wildman–Crippen LogP) is -9.11. The molecule has 22 nitrogen and oxygen atoms in total. The molecule has 14 N–H and O–H groups in total. The van der Waals surface area contributed by atoms with Crippen LogP contribution in [-0.2, 0) is 38.1 Å². The SMILES string of the molecule is CC(=O)N[C@H]1C(O)O[C@H](CO)[C@H](O)[C@@H]1OC1O[C@H](COC2(C(=O)O)C[C@H](O)[C@@H](NC(=O)CO)[C@H]([C@H](O)[C@H](O)CO)O2)[C@H](O)[C@H](O)[C@H]1O. The molecule has 0 aromatic rings. The Kier molecular flexibility index (Phi) is 13.7. The molecule has 3 saturated heterocycles. The van der Waals surface area contributed by atoms with Crippen LogP contribution in [0.5, 0.6) is 0 Å². The molecule has 0 aromatic carbocycles. The Morgan fingerprint density at radius 1 is 0.894 bits per heavy atom. The van der Waals surface area contributed by atoms with Gasteiger partial charge in [-0.05, 0) is 0 Å². The van der Waals surface area contributed by atoms with Crippen molar-refractivity contribution in [2.75, 3.05) is 26.4 Å². The Balaban J connectivity index is 1.85. The standard InChI is InChI=1S/C25H42N2O20/c1-7(31)26-14-20(17(37)10(4-29)44-22(14)40)46-23-19(39)18(38)16(36)11(45-23)6-43-25(24(41)42)2-8(32)13(27-12(34)5-30)21(47-25)15(35)9(33)3-28/h8-11,13-23,28-30,32-33,35-40H,2-6H2,1H3,(H,26,31)(H,27,34)(H,41,42)/t8-,9+,10+,11+,13+,14+,15+,16-,17-,18-,19+,20+,21+,22?,23?,25?/m0/s1. The number of carboxylic acid groups (broad SMARTS) is 1. The lowest BCUT2D eigenvalue weighted by Gasteiger charge is -2.48. The summed E-state index contributed by atoms with van der Waals surface area (Å²) in [6, 6.07) is -3.15. The second kappa shape index (κ2) is 16.4. The van der Waals surface area contributed by atoms with Gasteiger partial charge >= 0.3 is 5.97 Å². The van der Waals surface area contributed by atoms with Crippen molar-refractivity contribution in [1.29, 1.82) is 0 Å². The Labute approximate surface area is 265 Å². The van der Waals surface area contributed by atoms with Gasteiger partial charge in [-0.3, -0.25) is 9.59 Å². The number of carboxylic acids is 1. The lowest BCUT2D eigenvalue weighted by molar-refractivity contribution is -0.356. The molecule has 2 amide bonds. The van der Waals surface area contributed by atoms with Crippen molar-refractivity contribution in [1.82, 2.24) is 10.6 Å². The molecule has 3 rings (SSSR count). The first-order valence-electron chi connectivity index (χ1n) is 14.4. The fourth-order valence-electron chi connectivity index (χ4n) is 5.45. The highest BCUT2D eigenvalue weighted by Crippen LogP contribution is 2.35. The molecular formula is C25H42N2O20. The Bertz CT molecular complexity index is 1070. The number of ether oxygens (including phenoxy) is 5. The van der Waals surface area contributed by atoms with Crippen molar-refractivity contribution in [3.8, 4) is 0 Å². The Morgan fingerprint density at radius 3 is 2.11 bits per heavy atom. The molecule has 0 aliphatic carbocycles. The third-order valence-electron chi connectivity index (χ3n) is 7.97. The van der Waals surface area contributed by atoms with E-state index >= 15 is 0 Å². The molecule has 16 atom stereocenters. The molecule has 3 aliphatic rings. The average molecular weight is 691 g/mol. The van der Waals surface area contributed by atoms with Crippen LogP contribution in [0.4, 0.5) is 0 Å². The summed E-state index contributed by atoms with van der Waals surface area (Å²) in [5, 5.41) is 126. The quantitative estimate of drug-likeness (QED) is 0.0852. The number of carbonyl (C=O) groups excluding carboxylic acids is 2. The van der Waals surface area contributed by atoms with Gasteiger partial charge in [-0.1, -0.05) is 0 Å². The monoisotopic (exact) mass is 690 g/mol. The number of carbonyl (C=O) groups is 3. The van der Waals surface area contributed by atoms with Gasteiger partial charge in [-0.25, -0.2) is 4.79 Å². The van der Waals surface area contributed by atoms with Crippen molar-refractivity contribution in [3.63, 3.8) is 0 Å². The van der Waals surface area contributed by atoms with Crippen LogP contribution < -0.4 is 10.6 Å². The molecule has 3 unspecified atom stereocenters. The van der Waals surface area contributed by atoms with Gasteiger partial charge in [0, 0.05) is 13.3 Å². The van der Waals surface area contributed by atoms with Gasteiger partial charge in [0.2, 0.25) is 11.8 Å². The molecule has 3 fully saturated rings. The molecule has 0 spiro atoms. The lowest BCUT2D eigenvalue weighted by atomic mass is 9.88. The van der Waals surface area contributed by atoms with Crippen LogP contribution in [-0.4, -0.2) is 203 Å². The van der Waals surface area contributed by atoms with E-state index in [0.717, 1.165) is 6.92 Å². The van der Waals surface area contributed by atoms with Gasteiger partial charge < -0.3 is 95.6 Å². The van der Waals surface area contributed by atoms with Crippen molar-refractivity contribution in [2.45, 2.75) is 111 Å². The third-order valence-corrected chi connectivity index (χ3v) is 7.97. The summed E-state index contributed by atoms with van der Waals surface area (Å²) in [5.74, 6) is -6.63. The Hall–Kier alpha value is -2.23. The number of aliphatic hydroxyl groups is 11. The fourth-order valence-corrected chi connectivity index (χ4v) is 5.45. The second-order valence-electron chi connectivity index (χ2n) is 11.3. The summed E-state index contributed by atoms with van der Waals surface area (Å²) in [6.45, 7) is -2.93. The highest BCUT2D eigenvalue weighted by atomic mass is 16.8. The zero-order chi connectivity index (χ0) is 35.4. The van der Waals surface area contributed by atoms with Crippen LogP contribution in [0.3, 0.4) is 0 Å². The zero-order valence-corrected chi connectivity index (χ0v) is 24.8. The second-order valence-corrected chi connectivity index (χ2v) is 11.3. The van der Waals surface area contributed by atoms with Gasteiger partial charge in [-0.15, -0.1) is 0 Å².